The normalized spacial score (nSPS) is 24.1. The molecule has 0 radical (unpaired) electrons. The monoisotopic (exact) mass is 245 g/mol. The van der Waals surface area contributed by atoms with Gasteiger partial charge in [0, 0.05) is 13.0 Å². The van der Waals surface area contributed by atoms with Crippen molar-refractivity contribution >= 4 is 11.8 Å². The zero-order chi connectivity index (χ0) is 13.3. The maximum Gasteiger partial charge on any atom is 0.240 e. The topological polar surface area (TPSA) is 37.4 Å². The SMILES string of the molecule is CC(C)CN1C(=O)CC(C)(c2ccccc2)C1=O. The summed E-state index contributed by atoms with van der Waals surface area (Å²) in [6, 6.07) is 9.57. The first-order valence-corrected chi connectivity index (χ1v) is 6.35. The van der Waals surface area contributed by atoms with Crippen LogP contribution in [0.25, 0.3) is 0 Å². The second-order valence-electron chi connectivity index (χ2n) is 5.58. The van der Waals surface area contributed by atoms with Gasteiger partial charge in [-0.1, -0.05) is 44.2 Å². The third kappa shape index (κ3) is 2.05. The van der Waals surface area contributed by atoms with Crippen LogP contribution in [0, 0.1) is 5.92 Å². The van der Waals surface area contributed by atoms with Crippen LogP contribution in [0.15, 0.2) is 30.3 Å². The second-order valence-corrected chi connectivity index (χ2v) is 5.58. The Bertz CT molecular complexity index is 467. The van der Waals surface area contributed by atoms with Crippen molar-refractivity contribution in [3.8, 4) is 0 Å². The van der Waals surface area contributed by atoms with Crippen LogP contribution in [0.5, 0.6) is 0 Å². The highest BCUT2D eigenvalue weighted by Gasteiger charge is 2.49. The van der Waals surface area contributed by atoms with Gasteiger partial charge in [0.2, 0.25) is 11.8 Å². The molecule has 3 nitrogen and oxygen atoms in total. The first kappa shape index (κ1) is 12.8. The Labute approximate surface area is 108 Å². The average molecular weight is 245 g/mol. The quantitative estimate of drug-likeness (QED) is 0.767. The number of likely N-dealkylation sites (tertiary alicyclic amines) is 1. The summed E-state index contributed by atoms with van der Waals surface area (Å²) in [5.74, 6) is 0.184. The number of amides is 2. The van der Waals surface area contributed by atoms with Crippen molar-refractivity contribution in [3.05, 3.63) is 35.9 Å². The van der Waals surface area contributed by atoms with Gasteiger partial charge in [-0.3, -0.25) is 14.5 Å². The fourth-order valence-corrected chi connectivity index (χ4v) is 2.47. The van der Waals surface area contributed by atoms with E-state index in [4.69, 9.17) is 0 Å². The third-order valence-electron chi connectivity index (χ3n) is 3.48. The summed E-state index contributed by atoms with van der Waals surface area (Å²) in [5.41, 5.74) is 0.238. The molecule has 1 aliphatic heterocycles. The number of hydrogen-bond donors (Lipinski definition) is 0. The highest BCUT2D eigenvalue weighted by atomic mass is 16.2. The Morgan fingerprint density at radius 2 is 1.83 bits per heavy atom. The summed E-state index contributed by atoms with van der Waals surface area (Å²) in [6.45, 7) is 6.40. The predicted molar refractivity (Wildman–Crippen MR) is 70.0 cm³/mol. The van der Waals surface area contributed by atoms with Crippen molar-refractivity contribution < 1.29 is 9.59 Å². The molecule has 1 fully saturated rings. The van der Waals surface area contributed by atoms with Crippen LogP contribution in [-0.4, -0.2) is 23.3 Å². The summed E-state index contributed by atoms with van der Waals surface area (Å²) in [6.07, 6.45) is 0.280. The Kier molecular flexibility index (Phi) is 3.24. The minimum absolute atomic E-state index is 0.0555. The van der Waals surface area contributed by atoms with Crippen LogP contribution in [-0.2, 0) is 15.0 Å². The number of hydrogen-bond acceptors (Lipinski definition) is 2. The summed E-state index contributed by atoms with van der Waals surface area (Å²) >= 11 is 0. The molecule has 1 unspecified atom stereocenters. The first-order chi connectivity index (χ1) is 8.45. The van der Waals surface area contributed by atoms with Crippen LogP contribution in [0.4, 0.5) is 0 Å². The van der Waals surface area contributed by atoms with Gasteiger partial charge in [-0.2, -0.15) is 0 Å². The Morgan fingerprint density at radius 3 is 2.39 bits per heavy atom. The lowest BCUT2D eigenvalue weighted by atomic mass is 9.81. The molecule has 0 spiro atoms. The minimum atomic E-state index is -0.687. The largest absolute Gasteiger partial charge is 0.282 e. The minimum Gasteiger partial charge on any atom is -0.282 e. The molecule has 0 bridgehead atoms. The van der Waals surface area contributed by atoms with Gasteiger partial charge in [0.05, 0.1) is 5.41 Å². The number of carbonyl (C=O) groups excluding carboxylic acids is 2. The van der Waals surface area contributed by atoms with E-state index in [9.17, 15) is 9.59 Å². The van der Waals surface area contributed by atoms with Gasteiger partial charge in [-0.05, 0) is 18.4 Å². The highest BCUT2D eigenvalue weighted by molar-refractivity contribution is 6.08. The van der Waals surface area contributed by atoms with Crippen molar-refractivity contribution in [2.24, 2.45) is 5.92 Å². The van der Waals surface area contributed by atoms with Gasteiger partial charge in [-0.25, -0.2) is 0 Å². The summed E-state index contributed by atoms with van der Waals surface area (Å²) in [4.78, 5) is 25.9. The third-order valence-corrected chi connectivity index (χ3v) is 3.48. The van der Waals surface area contributed by atoms with Crippen molar-refractivity contribution in [3.63, 3.8) is 0 Å². The van der Waals surface area contributed by atoms with Gasteiger partial charge >= 0.3 is 0 Å². The molecule has 1 aliphatic rings. The van der Waals surface area contributed by atoms with Crippen LogP contribution < -0.4 is 0 Å². The van der Waals surface area contributed by atoms with Crippen molar-refractivity contribution in [1.82, 2.24) is 4.90 Å². The maximum atomic E-state index is 12.5. The van der Waals surface area contributed by atoms with Crippen LogP contribution in [0.3, 0.4) is 0 Å². The molecule has 2 rings (SSSR count). The Morgan fingerprint density at radius 1 is 1.22 bits per heavy atom. The van der Waals surface area contributed by atoms with E-state index in [1.807, 2.05) is 51.1 Å². The van der Waals surface area contributed by atoms with Crippen molar-refractivity contribution in [2.75, 3.05) is 6.54 Å². The molecule has 0 saturated carbocycles. The van der Waals surface area contributed by atoms with Gasteiger partial charge in [0.25, 0.3) is 0 Å². The van der Waals surface area contributed by atoms with E-state index in [1.165, 1.54) is 4.90 Å². The summed E-state index contributed by atoms with van der Waals surface area (Å²) in [5, 5.41) is 0. The maximum absolute atomic E-state index is 12.5. The zero-order valence-corrected chi connectivity index (χ0v) is 11.1. The van der Waals surface area contributed by atoms with Gasteiger partial charge in [0.1, 0.15) is 0 Å². The molecule has 96 valence electrons. The molecule has 0 aromatic heterocycles. The fraction of sp³-hybridized carbons (Fsp3) is 0.467. The lowest BCUT2D eigenvalue weighted by molar-refractivity contribution is -0.140. The number of carbonyl (C=O) groups is 2. The first-order valence-electron chi connectivity index (χ1n) is 6.35. The number of nitrogens with zero attached hydrogens (tertiary/aromatic N) is 1. The predicted octanol–water partition coefficient (Wildman–Crippen LogP) is 2.36. The van der Waals surface area contributed by atoms with E-state index in [2.05, 4.69) is 0 Å². The van der Waals surface area contributed by atoms with E-state index in [0.717, 1.165) is 5.56 Å². The molecular formula is C15H19NO2. The van der Waals surface area contributed by atoms with Crippen LogP contribution in [0.2, 0.25) is 0 Å². The number of imide groups is 1. The molecule has 1 heterocycles. The molecule has 0 N–H and O–H groups in total. The van der Waals surface area contributed by atoms with Gasteiger partial charge < -0.3 is 0 Å². The van der Waals surface area contributed by atoms with Crippen molar-refractivity contribution in [1.29, 1.82) is 0 Å². The number of benzene rings is 1. The van der Waals surface area contributed by atoms with E-state index in [-0.39, 0.29) is 18.2 Å². The molecular weight excluding hydrogens is 226 g/mol. The van der Waals surface area contributed by atoms with Crippen molar-refractivity contribution in [2.45, 2.75) is 32.6 Å². The molecule has 1 aromatic rings. The number of rotatable bonds is 3. The van der Waals surface area contributed by atoms with E-state index < -0.39 is 5.41 Å². The molecule has 1 saturated heterocycles. The summed E-state index contributed by atoms with van der Waals surface area (Å²) < 4.78 is 0. The smallest absolute Gasteiger partial charge is 0.240 e. The molecule has 3 heteroatoms. The van der Waals surface area contributed by atoms with Crippen LogP contribution >= 0.6 is 0 Å². The van der Waals surface area contributed by atoms with E-state index in [1.54, 1.807) is 0 Å². The second kappa shape index (κ2) is 4.56. The Hall–Kier alpha value is -1.64. The van der Waals surface area contributed by atoms with E-state index >= 15 is 0 Å². The highest BCUT2D eigenvalue weighted by Crippen LogP contribution is 2.36. The molecule has 2 amide bonds. The van der Waals surface area contributed by atoms with Crippen LogP contribution in [0.1, 0.15) is 32.8 Å². The zero-order valence-electron chi connectivity index (χ0n) is 11.1. The van der Waals surface area contributed by atoms with Gasteiger partial charge in [0.15, 0.2) is 0 Å². The lowest BCUT2D eigenvalue weighted by Crippen LogP contribution is -2.38. The lowest BCUT2D eigenvalue weighted by Gasteiger charge is -2.23. The van der Waals surface area contributed by atoms with Gasteiger partial charge in [-0.15, -0.1) is 0 Å². The standard InChI is InChI=1S/C15H19NO2/c1-11(2)10-16-13(17)9-15(3,14(16)18)12-7-5-4-6-8-12/h4-8,11H,9-10H2,1-3H3. The molecule has 1 atom stereocenters. The summed E-state index contributed by atoms with van der Waals surface area (Å²) in [7, 11) is 0. The average Bonchev–Trinajstić information content (AvgIpc) is 2.55. The molecule has 18 heavy (non-hydrogen) atoms. The molecule has 1 aromatic carbocycles. The Balaban J connectivity index is 2.32. The fourth-order valence-electron chi connectivity index (χ4n) is 2.47. The van der Waals surface area contributed by atoms with E-state index in [0.29, 0.717) is 12.5 Å². The molecule has 0 aliphatic carbocycles.